The Bertz CT molecular complexity index is 1780. The van der Waals surface area contributed by atoms with Crippen LogP contribution >= 0.6 is 0 Å². The molecule has 0 saturated carbocycles. The minimum absolute atomic E-state index is 0.0576. The Kier molecular flexibility index (Phi) is 5.68. The summed E-state index contributed by atoms with van der Waals surface area (Å²) in [5, 5.41) is 19.9. The van der Waals surface area contributed by atoms with Crippen LogP contribution < -0.4 is 9.80 Å². The van der Waals surface area contributed by atoms with Crippen LogP contribution in [-0.2, 0) is 9.84 Å². The Morgan fingerprint density at radius 2 is 1.53 bits per heavy atom. The third kappa shape index (κ3) is 3.98. The molecule has 3 heterocycles. The molecule has 12 heteroatoms. The van der Waals surface area contributed by atoms with Crippen LogP contribution in [0.25, 0.3) is 16.6 Å². The predicted octanol–water partition coefficient (Wildman–Crippen LogP) is 3.65. The fourth-order valence-electron chi connectivity index (χ4n) is 4.73. The molecule has 0 N–H and O–H groups in total. The summed E-state index contributed by atoms with van der Waals surface area (Å²) in [7, 11) is -3.94. The molecule has 1 aliphatic heterocycles. The molecule has 1 saturated heterocycles. The first-order valence-electron chi connectivity index (χ1n) is 12.0. The van der Waals surface area contributed by atoms with E-state index in [1.54, 1.807) is 36.4 Å². The van der Waals surface area contributed by atoms with Gasteiger partial charge < -0.3 is 9.80 Å². The number of nitro groups is 1. The quantitative estimate of drug-likeness (QED) is 0.248. The molecule has 0 bridgehead atoms. The third-order valence-corrected chi connectivity index (χ3v) is 8.46. The maximum Gasteiger partial charge on any atom is 0.269 e. The van der Waals surface area contributed by atoms with Crippen LogP contribution in [0.2, 0.25) is 0 Å². The number of piperazine rings is 1. The highest BCUT2D eigenvalue weighted by molar-refractivity contribution is 7.91. The molecule has 38 heavy (non-hydrogen) atoms. The third-order valence-electron chi connectivity index (χ3n) is 6.79. The van der Waals surface area contributed by atoms with Crippen LogP contribution in [0, 0.1) is 17.0 Å². The molecule has 3 aromatic carbocycles. The van der Waals surface area contributed by atoms with Gasteiger partial charge in [-0.05, 0) is 43.3 Å². The number of aromatic nitrogens is 4. The number of rotatable bonds is 5. The number of benzene rings is 3. The summed E-state index contributed by atoms with van der Waals surface area (Å²) in [6, 6.07) is 20.7. The highest BCUT2D eigenvalue weighted by atomic mass is 32.2. The number of fused-ring (bicyclic) bond motifs is 3. The van der Waals surface area contributed by atoms with E-state index in [1.165, 1.54) is 16.6 Å². The fourth-order valence-corrected chi connectivity index (χ4v) is 5.97. The molecule has 0 radical (unpaired) electrons. The van der Waals surface area contributed by atoms with Gasteiger partial charge in [-0.2, -0.15) is 4.52 Å². The second kappa shape index (κ2) is 9.06. The number of anilines is 2. The van der Waals surface area contributed by atoms with Crippen LogP contribution in [0.4, 0.5) is 17.2 Å². The molecule has 0 spiro atoms. The number of sulfone groups is 1. The SMILES string of the molecule is Cc1ccc(S(=O)(=O)c2nnn3c2nc(N2CCN(c4ccc([N+](=O)[O-])cc4)CC2)c2ccccc23)cc1. The van der Waals surface area contributed by atoms with Gasteiger partial charge in [-0.3, -0.25) is 10.1 Å². The number of aryl methyl sites for hydroxylation is 1. The smallest absolute Gasteiger partial charge is 0.269 e. The van der Waals surface area contributed by atoms with Crippen molar-refractivity contribution < 1.29 is 13.3 Å². The van der Waals surface area contributed by atoms with Crippen molar-refractivity contribution in [2.75, 3.05) is 36.0 Å². The second-order valence-corrected chi connectivity index (χ2v) is 11.0. The maximum absolute atomic E-state index is 13.5. The van der Waals surface area contributed by atoms with Gasteiger partial charge in [0.15, 0.2) is 5.65 Å². The van der Waals surface area contributed by atoms with E-state index in [9.17, 15) is 18.5 Å². The monoisotopic (exact) mass is 529 g/mol. The molecular formula is C26H23N7O4S. The molecule has 11 nitrogen and oxygen atoms in total. The van der Waals surface area contributed by atoms with E-state index >= 15 is 0 Å². The van der Waals surface area contributed by atoms with Crippen molar-refractivity contribution in [2.24, 2.45) is 0 Å². The molecule has 6 rings (SSSR count). The standard InChI is InChI=1S/C26H23N7O4S/c1-18-6-12-21(13-7-18)38(36,37)26-25-27-24(22-4-2-3-5-23(22)32(25)29-28-26)31-16-14-30(15-17-31)19-8-10-20(11-9-19)33(34)35/h2-13H,14-17H2,1H3. The lowest BCUT2D eigenvalue weighted by molar-refractivity contribution is -0.384. The number of para-hydroxylation sites is 1. The van der Waals surface area contributed by atoms with Crippen LogP contribution in [-0.4, -0.2) is 59.3 Å². The van der Waals surface area contributed by atoms with E-state index in [2.05, 4.69) is 20.1 Å². The van der Waals surface area contributed by atoms with Crippen molar-refractivity contribution in [2.45, 2.75) is 16.8 Å². The van der Waals surface area contributed by atoms with Crippen LogP contribution in [0.1, 0.15) is 5.56 Å². The van der Waals surface area contributed by atoms with Crippen molar-refractivity contribution in [3.8, 4) is 0 Å². The lowest BCUT2D eigenvalue weighted by Crippen LogP contribution is -2.47. The van der Waals surface area contributed by atoms with Gasteiger partial charge in [0.1, 0.15) is 5.82 Å². The normalized spacial score (nSPS) is 14.3. The zero-order valence-electron chi connectivity index (χ0n) is 20.4. The van der Waals surface area contributed by atoms with E-state index in [0.29, 0.717) is 37.5 Å². The number of non-ortho nitro benzene ring substituents is 1. The topological polar surface area (TPSA) is 127 Å². The first-order valence-corrected chi connectivity index (χ1v) is 13.5. The molecule has 0 aliphatic carbocycles. The van der Waals surface area contributed by atoms with Gasteiger partial charge in [0, 0.05) is 49.4 Å². The number of nitrogens with zero attached hydrogens (tertiary/aromatic N) is 7. The average Bonchev–Trinajstić information content (AvgIpc) is 3.38. The molecule has 1 aliphatic rings. The van der Waals surface area contributed by atoms with Gasteiger partial charge in [-0.15, -0.1) is 5.10 Å². The van der Waals surface area contributed by atoms with Gasteiger partial charge >= 0.3 is 0 Å². The largest absolute Gasteiger partial charge is 0.368 e. The van der Waals surface area contributed by atoms with Crippen LogP contribution in [0.5, 0.6) is 0 Å². The first kappa shape index (κ1) is 23.8. The lowest BCUT2D eigenvalue weighted by atomic mass is 10.2. The Labute approximate surface area is 218 Å². The van der Waals surface area contributed by atoms with Crippen molar-refractivity contribution in [1.29, 1.82) is 0 Å². The zero-order chi connectivity index (χ0) is 26.4. The molecule has 5 aromatic rings. The zero-order valence-corrected chi connectivity index (χ0v) is 21.2. The summed E-state index contributed by atoms with van der Waals surface area (Å²) in [5.74, 6) is 0.666. The minimum Gasteiger partial charge on any atom is -0.368 e. The molecule has 0 amide bonds. The number of hydrogen-bond donors (Lipinski definition) is 0. The predicted molar refractivity (Wildman–Crippen MR) is 142 cm³/mol. The van der Waals surface area contributed by atoms with E-state index in [-0.39, 0.29) is 21.3 Å². The van der Waals surface area contributed by atoms with Gasteiger partial charge in [0.25, 0.3) is 5.69 Å². The van der Waals surface area contributed by atoms with E-state index < -0.39 is 14.8 Å². The van der Waals surface area contributed by atoms with Gasteiger partial charge in [-0.1, -0.05) is 35.0 Å². The van der Waals surface area contributed by atoms with Crippen molar-refractivity contribution >= 4 is 43.6 Å². The summed E-state index contributed by atoms with van der Waals surface area (Å²) < 4.78 is 28.5. The molecular weight excluding hydrogens is 506 g/mol. The summed E-state index contributed by atoms with van der Waals surface area (Å²) in [6.07, 6.45) is 0. The summed E-state index contributed by atoms with van der Waals surface area (Å²) >= 11 is 0. The van der Waals surface area contributed by atoms with E-state index in [4.69, 9.17) is 4.98 Å². The fraction of sp³-hybridized carbons (Fsp3) is 0.192. The highest BCUT2D eigenvalue weighted by Gasteiger charge is 2.29. The van der Waals surface area contributed by atoms with Crippen LogP contribution in [0.3, 0.4) is 0 Å². The highest BCUT2D eigenvalue weighted by Crippen LogP contribution is 2.31. The Morgan fingerprint density at radius 1 is 0.868 bits per heavy atom. The Balaban J connectivity index is 1.37. The lowest BCUT2D eigenvalue weighted by Gasteiger charge is -2.37. The number of nitro benzene ring substituents is 1. The molecule has 192 valence electrons. The minimum atomic E-state index is -3.94. The summed E-state index contributed by atoms with van der Waals surface area (Å²) in [6.45, 7) is 4.50. The molecule has 2 aromatic heterocycles. The Morgan fingerprint density at radius 3 is 2.21 bits per heavy atom. The van der Waals surface area contributed by atoms with Crippen molar-refractivity contribution in [3.05, 3.63) is 88.5 Å². The molecule has 0 atom stereocenters. The second-order valence-electron chi connectivity index (χ2n) is 9.15. The summed E-state index contributed by atoms with van der Waals surface area (Å²) in [4.78, 5) is 19.8. The molecule has 0 unspecified atom stereocenters. The van der Waals surface area contributed by atoms with Gasteiger partial charge in [0.2, 0.25) is 14.9 Å². The summed E-state index contributed by atoms with van der Waals surface area (Å²) in [5.41, 5.74) is 2.81. The van der Waals surface area contributed by atoms with Gasteiger partial charge in [-0.25, -0.2) is 13.4 Å². The average molecular weight is 530 g/mol. The van der Waals surface area contributed by atoms with E-state index in [1.807, 2.05) is 31.2 Å². The first-order chi connectivity index (χ1) is 18.3. The Hall–Kier alpha value is -4.58. The number of hydrogen-bond acceptors (Lipinski definition) is 9. The van der Waals surface area contributed by atoms with E-state index in [0.717, 1.165) is 16.6 Å². The van der Waals surface area contributed by atoms with Crippen molar-refractivity contribution in [1.82, 2.24) is 19.8 Å². The van der Waals surface area contributed by atoms with Gasteiger partial charge in [0.05, 0.1) is 15.3 Å². The molecule has 1 fully saturated rings. The van der Waals surface area contributed by atoms with Crippen LogP contribution in [0.15, 0.2) is 82.7 Å². The maximum atomic E-state index is 13.5. The van der Waals surface area contributed by atoms with Crippen molar-refractivity contribution in [3.63, 3.8) is 0 Å².